The molecule has 0 spiro atoms. The number of nitrogens with zero attached hydrogens (tertiary/aromatic N) is 1. The molecule has 0 saturated heterocycles. The molecule has 1 N–H and O–H groups in total. The molecule has 136 valence electrons. The number of benzene rings is 1. The van der Waals surface area contributed by atoms with Crippen molar-refractivity contribution in [1.82, 2.24) is 9.62 Å². The van der Waals surface area contributed by atoms with Gasteiger partial charge in [-0.3, -0.25) is 4.79 Å². The van der Waals surface area contributed by atoms with Gasteiger partial charge in [0.05, 0.1) is 8.68 Å². The van der Waals surface area contributed by atoms with Gasteiger partial charge in [0.1, 0.15) is 0 Å². The summed E-state index contributed by atoms with van der Waals surface area (Å²) < 4.78 is 27.6. The van der Waals surface area contributed by atoms with Crippen LogP contribution in [0.2, 0.25) is 0 Å². The molecule has 0 atom stereocenters. The van der Waals surface area contributed by atoms with Crippen LogP contribution in [0.25, 0.3) is 0 Å². The molecule has 0 unspecified atom stereocenters. The first-order chi connectivity index (χ1) is 11.9. The largest absolute Gasteiger partial charge is 0.352 e. The molecule has 5 nitrogen and oxygen atoms in total. The summed E-state index contributed by atoms with van der Waals surface area (Å²) in [4.78, 5) is 13.6. The number of nitrogens with one attached hydrogen (secondary N) is 1. The maximum atomic E-state index is 12.6. The summed E-state index contributed by atoms with van der Waals surface area (Å²) >= 11 is 5.04. The average Bonchev–Trinajstić information content (AvgIpc) is 3.01. The van der Waals surface area contributed by atoms with Crippen molar-refractivity contribution in [2.75, 3.05) is 19.6 Å². The van der Waals surface area contributed by atoms with E-state index >= 15 is 0 Å². The minimum Gasteiger partial charge on any atom is -0.352 e. The van der Waals surface area contributed by atoms with E-state index in [0.717, 1.165) is 10.2 Å². The fourth-order valence-corrected chi connectivity index (χ4v) is 5.38. The molecule has 0 aliphatic heterocycles. The number of sulfonamides is 1. The average molecular weight is 445 g/mol. The Morgan fingerprint density at radius 2 is 1.92 bits per heavy atom. The fraction of sp³-hybridized carbons (Fsp3) is 0.353. The molecule has 0 saturated carbocycles. The molecule has 0 fully saturated rings. The van der Waals surface area contributed by atoms with Crippen molar-refractivity contribution in [3.05, 3.63) is 50.6 Å². The van der Waals surface area contributed by atoms with Gasteiger partial charge in [0, 0.05) is 30.1 Å². The van der Waals surface area contributed by atoms with Crippen molar-refractivity contribution in [1.29, 1.82) is 0 Å². The van der Waals surface area contributed by atoms with E-state index in [2.05, 4.69) is 21.2 Å². The van der Waals surface area contributed by atoms with Gasteiger partial charge in [-0.05, 0) is 52.7 Å². The zero-order valence-electron chi connectivity index (χ0n) is 14.2. The summed E-state index contributed by atoms with van der Waals surface area (Å²) in [6.07, 6.45) is 0.736. The van der Waals surface area contributed by atoms with E-state index in [4.69, 9.17) is 0 Å². The Labute approximate surface area is 161 Å². The Bertz CT molecular complexity index is 830. The van der Waals surface area contributed by atoms with Gasteiger partial charge in [0.2, 0.25) is 10.0 Å². The highest BCUT2D eigenvalue weighted by atomic mass is 79.9. The first-order valence-corrected chi connectivity index (χ1v) is 11.1. The number of halogens is 1. The monoisotopic (exact) mass is 444 g/mol. The summed E-state index contributed by atoms with van der Waals surface area (Å²) in [5.74, 6) is -0.271. The number of hydrogen-bond acceptors (Lipinski definition) is 4. The highest BCUT2D eigenvalue weighted by Gasteiger charge is 2.22. The first-order valence-electron chi connectivity index (χ1n) is 8.01. The fourth-order valence-electron chi connectivity index (χ4n) is 2.40. The Balaban J connectivity index is 2.06. The molecule has 0 radical (unpaired) electrons. The zero-order valence-corrected chi connectivity index (χ0v) is 17.4. The summed E-state index contributed by atoms with van der Waals surface area (Å²) in [5.41, 5.74) is 0.348. The molecule has 1 aromatic heterocycles. The summed E-state index contributed by atoms with van der Waals surface area (Å²) in [5, 5.41) is 2.84. The molecule has 1 aromatic carbocycles. The molecule has 8 heteroatoms. The van der Waals surface area contributed by atoms with Gasteiger partial charge in [-0.15, -0.1) is 11.3 Å². The second kappa shape index (κ2) is 8.93. The zero-order chi connectivity index (χ0) is 18.4. The highest BCUT2D eigenvalue weighted by Crippen LogP contribution is 2.22. The Morgan fingerprint density at radius 3 is 2.52 bits per heavy atom. The normalized spacial score (nSPS) is 11.7. The number of rotatable bonds is 8. The van der Waals surface area contributed by atoms with Crippen molar-refractivity contribution < 1.29 is 13.2 Å². The predicted molar refractivity (Wildman–Crippen MR) is 105 cm³/mol. The maximum absolute atomic E-state index is 12.6. The van der Waals surface area contributed by atoms with Crippen LogP contribution in [-0.4, -0.2) is 38.3 Å². The van der Waals surface area contributed by atoms with E-state index in [1.165, 1.54) is 21.3 Å². The first kappa shape index (κ1) is 20.1. The van der Waals surface area contributed by atoms with Gasteiger partial charge in [0.15, 0.2) is 0 Å². The lowest BCUT2D eigenvalue weighted by atomic mass is 10.2. The van der Waals surface area contributed by atoms with E-state index < -0.39 is 10.0 Å². The van der Waals surface area contributed by atoms with Gasteiger partial charge >= 0.3 is 0 Å². The van der Waals surface area contributed by atoms with Crippen molar-refractivity contribution >= 4 is 43.2 Å². The van der Waals surface area contributed by atoms with Crippen LogP contribution in [0.3, 0.4) is 0 Å². The van der Waals surface area contributed by atoms with Crippen molar-refractivity contribution in [2.45, 2.75) is 25.2 Å². The third-order valence-corrected chi connectivity index (χ3v) is 7.45. The lowest BCUT2D eigenvalue weighted by Gasteiger charge is -2.18. The maximum Gasteiger partial charge on any atom is 0.251 e. The number of hydrogen-bond donors (Lipinski definition) is 1. The minimum absolute atomic E-state index is 0.144. The van der Waals surface area contributed by atoms with Crippen LogP contribution in [0.5, 0.6) is 0 Å². The summed E-state index contributed by atoms with van der Waals surface area (Å²) in [6.45, 7) is 4.87. The standard InChI is InChI=1S/C17H21BrN2O3S2/c1-3-20(4-2)25(22,23)15-7-5-6-13(12-15)17(21)19-11-10-14-8-9-16(18)24-14/h5-9,12H,3-4,10-11H2,1-2H3,(H,19,21). The number of thiophene rings is 1. The van der Waals surface area contributed by atoms with Gasteiger partial charge in [-0.25, -0.2) is 8.42 Å². The molecule has 1 heterocycles. The second-order valence-corrected chi connectivity index (χ2v) is 9.81. The van der Waals surface area contributed by atoms with E-state index in [-0.39, 0.29) is 10.8 Å². The molecule has 0 aliphatic rings. The Hall–Kier alpha value is -1.22. The minimum atomic E-state index is -3.57. The quantitative estimate of drug-likeness (QED) is 0.676. The van der Waals surface area contributed by atoms with Crippen LogP contribution in [0.4, 0.5) is 0 Å². The third-order valence-electron chi connectivity index (χ3n) is 3.73. The Kier molecular flexibility index (Phi) is 7.18. The van der Waals surface area contributed by atoms with Gasteiger partial charge in [-0.1, -0.05) is 19.9 Å². The SMILES string of the molecule is CCN(CC)S(=O)(=O)c1cccc(C(=O)NCCc2ccc(Br)s2)c1. The molecule has 0 aliphatic carbocycles. The van der Waals surface area contributed by atoms with E-state index in [1.807, 2.05) is 12.1 Å². The molecular weight excluding hydrogens is 424 g/mol. The van der Waals surface area contributed by atoms with E-state index in [1.54, 1.807) is 37.3 Å². The lowest BCUT2D eigenvalue weighted by molar-refractivity contribution is 0.0954. The smallest absolute Gasteiger partial charge is 0.251 e. The topological polar surface area (TPSA) is 66.5 Å². The van der Waals surface area contributed by atoms with Gasteiger partial charge < -0.3 is 5.32 Å². The van der Waals surface area contributed by atoms with Gasteiger partial charge in [-0.2, -0.15) is 4.31 Å². The predicted octanol–water partition coefficient (Wildman–Crippen LogP) is 3.51. The third kappa shape index (κ3) is 5.13. The second-order valence-electron chi connectivity index (χ2n) is 5.33. The highest BCUT2D eigenvalue weighted by molar-refractivity contribution is 9.11. The summed E-state index contributed by atoms with van der Waals surface area (Å²) in [6, 6.07) is 10.2. The van der Waals surface area contributed by atoms with Gasteiger partial charge in [0.25, 0.3) is 5.91 Å². The van der Waals surface area contributed by atoms with E-state index in [9.17, 15) is 13.2 Å². The molecular formula is C17H21BrN2O3S2. The van der Waals surface area contributed by atoms with Crippen LogP contribution in [-0.2, 0) is 16.4 Å². The van der Waals surface area contributed by atoms with Crippen LogP contribution in [0.1, 0.15) is 29.1 Å². The van der Waals surface area contributed by atoms with Crippen molar-refractivity contribution in [3.8, 4) is 0 Å². The number of amides is 1. The van der Waals surface area contributed by atoms with Crippen LogP contribution < -0.4 is 5.32 Å². The molecule has 1 amide bonds. The van der Waals surface area contributed by atoms with Crippen LogP contribution >= 0.6 is 27.3 Å². The summed E-state index contributed by atoms with van der Waals surface area (Å²) in [7, 11) is -3.57. The van der Waals surface area contributed by atoms with Crippen molar-refractivity contribution in [2.24, 2.45) is 0 Å². The number of carbonyl (C=O) groups is 1. The number of carbonyl (C=O) groups excluding carboxylic acids is 1. The van der Waals surface area contributed by atoms with Crippen molar-refractivity contribution in [3.63, 3.8) is 0 Å². The lowest BCUT2D eigenvalue weighted by Crippen LogP contribution is -2.31. The molecule has 25 heavy (non-hydrogen) atoms. The van der Waals surface area contributed by atoms with E-state index in [0.29, 0.717) is 25.2 Å². The van der Waals surface area contributed by atoms with Crippen LogP contribution in [0.15, 0.2) is 45.1 Å². The molecule has 2 aromatic rings. The van der Waals surface area contributed by atoms with Crippen LogP contribution in [0, 0.1) is 0 Å². The molecule has 0 bridgehead atoms. The Morgan fingerprint density at radius 1 is 1.20 bits per heavy atom. The molecule has 2 rings (SSSR count).